The Hall–Kier alpha value is -3.41. The SMILES string of the molecule is CSc1cnc(-c2ccc(NC(=O)Nc3ccc(N4CCN(C)CC4)nc3)cc2)nc1NCCO. The molecule has 0 radical (unpaired) electrons. The molecule has 184 valence electrons. The van der Waals surface area contributed by atoms with Gasteiger partial charge >= 0.3 is 6.03 Å². The summed E-state index contributed by atoms with van der Waals surface area (Å²) in [5, 5.41) is 17.8. The van der Waals surface area contributed by atoms with E-state index in [1.807, 2.05) is 30.5 Å². The van der Waals surface area contributed by atoms with Crippen molar-refractivity contribution in [3.63, 3.8) is 0 Å². The van der Waals surface area contributed by atoms with Crippen molar-refractivity contribution in [2.45, 2.75) is 4.90 Å². The minimum absolute atomic E-state index is 0.0199. The number of urea groups is 1. The summed E-state index contributed by atoms with van der Waals surface area (Å²) in [6, 6.07) is 10.8. The van der Waals surface area contributed by atoms with Gasteiger partial charge in [0.05, 0.1) is 23.4 Å². The van der Waals surface area contributed by atoms with Gasteiger partial charge in [-0.25, -0.2) is 19.7 Å². The van der Waals surface area contributed by atoms with Crippen molar-refractivity contribution in [2.75, 3.05) is 73.5 Å². The van der Waals surface area contributed by atoms with E-state index in [0.29, 0.717) is 29.6 Å². The van der Waals surface area contributed by atoms with Gasteiger partial charge in [-0.2, -0.15) is 0 Å². The molecule has 3 heterocycles. The lowest BCUT2D eigenvalue weighted by molar-refractivity contribution is 0.262. The van der Waals surface area contributed by atoms with Crippen LogP contribution in [0.2, 0.25) is 0 Å². The van der Waals surface area contributed by atoms with Gasteiger partial charge in [0.25, 0.3) is 0 Å². The molecule has 1 aliphatic heterocycles. The van der Waals surface area contributed by atoms with Crippen LogP contribution in [0.1, 0.15) is 0 Å². The van der Waals surface area contributed by atoms with Crippen LogP contribution in [0.15, 0.2) is 53.7 Å². The largest absolute Gasteiger partial charge is 0.395 e. The van der Waals surface area contributed by atoms with Gasteiger partial charge in [0.2, 0.25) is 0 Å². The topological polar surface area (TPSA) is 119 Å². The number of thioether (sulfide) groups is 1. The zero-order valence-corrected chi connectivity index (χ0v) is 20.7. The second-order valence-corrected chi connectivity index (χ2v) is 8.96. The molecule has 1 saturated heterocycles. The Bertz CT molecular complexity index is 1120. The normalized spacial score (nSPS) is 14.0. The van der Waals surface area contributed by atoms with Crippen LogP contribution in [0.4, 0.5) is 27.8 Å². The molecule has 0 unspecified atom stereocenters. The van der Waals surface area contributed by atoms with E-state index in [4.69, 9.17) is 5.11 Å². The molecule has 35 heavy (non-hydrogen) atoms. The maximum atomic E-state index is 12.5. The van der Waals surface area contributed by atoms with Crippen LogP contribution in [0.5, 0.6) is 0 Å². The van der Waals surface area contributed by atoms with Crippen molar-refractivity contribution >= 4 is 40.8 Å². The first-order chi connectivity index (χ1) is 17.1. The van der Waals surface area contributed by atoms with Crippen LogP contribution in [0.25, 0.3) is 11.4 Å². The molecule has 2 aromatic heterocycles. The van der Waals surface area contributed by atoms with Gasteiger partial charge in [-0.05, 0) is 49.7 Å². The van der Waals surface area contributed by atoms with Crippen LogP contribution < -0.4 is 20.9 Å². The molecule has 0 aliphatic carbocycles. The number of carbonyl (C=O) groups is 1. The van der Waals surface area contributed by atoms with Crippen molar-refractivity contribution in [3.05, 3.63) is 48.8 Å². The number of nitrogens with zero attached hydrogens (tertiary/aromatic N) is 5. The lowest BCUT2D eigenvalue weighted by Crippen LogP contribution is -2.44. The molecule has 0 spiro atoms. The highest BCUT2D eigenvalue weighted by atomic mass is 32.2. The maximum absolute atomic E-state index is 12.5. The number of aromatic nitrogens is 3. The van der Waals surface area contributed by atoms with Gasteiger partial charge in [0, 0.05) is 50.2 Å². The first-order valence-corrected chi connectivity index (χ1v) is 12.6. The molecule has 1 fully saturated rings. The van der Waals surface area contributed by atoms with Crippen LogP contribution in [0, 0.1) is 0 Å². The molecule has 3 aromatic rings. The number of aliphatic hydroxyl groups is 1. The Kier molecular flexibility index (Phi) is 8.35. The quantitative estimate of drug-likeness (QED) is 0.350. The number of amides is 2. The zero-order chi connectivity index (χ0) is 24.6. The third-order valence-electron chi connectivity index (χ3n) is 5.61. The molecular weight excluding hydrogens is 464 g/mol. The average Bonchev–Trinajstić information content (AvgIpc) is 2.88. The Labute approximate surface area is 209 Å². The number of nitrogens with one attached hydrogen (secondary N) is 3. The van der Waals surface area contributed by atoms with Gasteiger partial charge in [0.15, 0.2) is 5.82 Å². The number of aliphatic hydroxyl groups excluding tert-OH is 1. The van der Waals surface area contributed by atoms with E-state index >= 15 is 0 Å². The Morgan fingerprint density at radius 1 is 1.00 bits per heavy atom. The number of pyridine rings is 1. The Morgan fingerprint density at radius 3 is 2.37 bits per heavy atom. The van der Waals surface area contributed by atoms with Crippen molar-refractivity contribution in [1.82, 2.24) is 19.9 Å². The highest BCUT2D eigenvalue weighted by molar-refractivity contribution is 7.98. The van der Waals surface area contributed by atoms with E-state index in [-0.39, 0.29) is 12.6 Å². The monoisotopic (exact) mass is 494 g/mol. The van der Waals surface area contributed by atoms with Crippen LogP contribution in [0.3, 0.4) is 0 Å². The average molecular weight is 495 g/mol. The smallest absolute Gasteiger partial charge is 0.323 e. The molecule has 0 bridgehead atoms. The summed E-state index contributed by atoms with van der Waals surface area (Å²) in [5.74, 6) is 2.17. The highest BCUT2D eigenvalue weighted by Crippen LogP contribution is 2.26. The number of hydrogen-bond donors (Lipinski definition) is 4. The fourth-order valence-corrected chi connectivity index (χ4v) is 4.11. The Morgan fingerprint density at radius 2 is 1.71 bits per heavy atom. The van der Waals surface area contributed by atoms with Gasteiger partial charge < -0.3 is 30.9 Å². The number of piperazine rings is 1. The number of anilines is 4. The summed E-state index contributed by atoms with van der Waals surface area (Å²) in [4.78, 5) is 31.4. The van der Waals surface area contributed by atoms with Crippen LogP contribution in [-0.4, -0.2) is 83.6 Å². The molecule has 0 atom stereocenters. The van der Waals surface area contributed by atoms with E-state index in [2.05, 4.69) is 47.7 Å². The first-order valence-electron chi connectivity index (χ1n) is 11.4. The predicted octanol–water partition coefficient (Wildman–Crippen LogP) is 3.06. The molecule has 10 nitrogen and oxygen atoms in total. The van der Waals surface area contributed by atoms with Gasteiger partial charge in [-0.15, -0.1) is 11.8 Å². The third kappa shape index (κ3) is 6.59. The second kappa shape index (κ2) is 11.8. The van der Waals surface area contributed by atoms with Gasteiger partial charge in [-0.3, -0.25) is 0 Å². The maximum Gasteiger partial charge on any atom is 0.323 e. The fraction of sp³-hybridized carbons (Fsp3) is 0.333. The van der Waals surface area contributed by atoms with Crippen LogP contribution in [-0.2, 0) is 0 Å². The van der Waals surface area contributed by atoms with Crippen molar-refractivity contribution in [2.24, 2.45) is 0 Å². The molecule has 11 heteroatoms. The summed E-state index contributed by atoms with van der Waals surface area (Å²) in [7, 11) is 2.12. The number of benzene rings is 1. The number of carbonyl (C=O) groups excluding carboxylic acids is 1. The Balaban J connectivity index is 1.34. The third-order valence-corrected chi connectivity index (χ3v) is 6.35. The molecule has 4 rings (SSSR count). The first kappa shape index (κ1) is 24.7. The van der Waals surface area contributed by atoms with E-state index in [1.54, 1.807) is 24.5 Å². The lowest BCUT2D eigenvalue weighted by atomic mass is 10.2. The molecular formula is C24H30N8O2S. The van der Waals surface area contributed by atoms with E-state index in [9.17, 15) is 4.79 Å². The standard InChI is InChI=1S/C24H30N8O2S/c1-31-10-12-32(13-11-31)21-8-7-19(15-26-21)29-24(34)28-18-5-3-17(4-6-18)22-27-16-20(35-2)23(30-22)25-9-14-33/h3-8,15-16,33H,9-14H2,1-2H3,(H,25,27,30)(H2,28,29,34). The summed E-state index contributed by atoms with van der Waals surface area (Å²) in [5.41, 5.74) is 2.09. The molecule has 1 aliphatic rings. The van der Waals surface area contributed by atoms with Crippen LogP contribution >= 0.6 is 11.8 Å². The second-order valence-electron chi connectivity index (χ2n) is 8.11. The summed E-state index contributed by atoms with van der Waals surface area (Å²) in [6.45, 7) is 4.35. The lowest BCUT2D eigenvalue weighted by Gasteiger charge is -2.33. The van der Waals surface area contributed by atoms with E-state index in [1.165, 1.54) is 11.8 Å². The van der Waals surface area contributed by atoms with Crippen molar-refractivity contribution in [1.29, 1.82) is 0 Å². The van der Waals surface area contributed by atoms with Crippen molar-refractivity contribution in [3.8, 4) is 11.4 Å². The van der Waals surface area contributed by atoms with Crippen molar-refractivity contribution < 1.29 is 9.90 Å². The fourth-order valence-electron chi connectivity index (χ4n) is 3.64. The minimum Gasteiger partial charge on any atom is -0.395 e. The van der Waals surface area contributed by atoms with Gasteiger partial charge in [0.1, 0.15) is 11.6 Å². The number of hydrogen-bond acceptors (Lipinski definition) is 9. The van der Waals surface area contributed by atoms with Gasteiger partial charge in [-0.1, -0.05) is 0 Å². The molecule has 0 saturated carbocycles. The number of rotatable bonds is 8. The predicted molar refractivity (Wildman–Crippen MR) is 141 cm³/mol. The minimum atomic E-state index is -0.344. The zero-order valence-electron chi connectivity index (χ0n) is 19.9. The summed E-state index contributed by atoms with van der Waals surface area (Å²) >= 11 is 1.54. The summed E-state index contributed by atoms with van der Waals surface area (Å²) in [6.07, 6.45) is 5.38. The van der Waals surface area contributed by atoms with E-state index < -0.39 is 0 Å². The highest BCUT2D eigenvalue weighted by Gasteiger charge is 2.15. The number of likely N-dealkylation sites (N-methyl/N-ethyl adjacent to an activating group) is 1. The summed E-state index contributed by atoms with van der Waals surface area (Å²) < 4.78 is 0. The molecule has 2 amide bonds. The molecule has 1 aromatic carbocycles. The van der Waals surface area contributed by atoms with E-state index in [0.717, 1.165) is 42.5 Å². The molecule has 4 N–H and O–H groups in total.